The Morgan fingerprint density at radius 3 is 2.11 bits per heavy atom. The summed E-state index contributed by atoms with van der Waals surface area (Å²) in [6.45, 7) is 6.36. The van der Waals surface area contributed by atoms with Crippen LogP contribution in [0.5, 0.6) is 0 Å². The molecule has 150 valence electrons. The predicted molar refractivity (Wildman–Crippen MR) is 111 cm³/mol. The number of nitrogens with zero attached hydrogens (tertiary/aromatic N) is 1. The van der Waals surface area contributed by atoms with E-state index in [1.54, 1.807) is 0 Å². The second kappa shape index (κ2) is 10.5. The number of likely N-dealkylation sites (N-methyl/N-ethyl adjacent to an activating group) is 1. The lowest BCUT2D eigenvalue weighted by Gasteiger charge is -2.29. The van der Waals surface area contributed by atoms with E-state index in [4.69, 9.17) is 0 Å². The fourth-order valence-corrected chi connectivity index (χ4v) is 4.03. The second-order valence-electron chi connectivity index (χ2n) is 8.01. The summed E-state index contributed by atoms with van der Waals surface area (Å²) in [6.07, 6.45) is 8.75. The minimum atomic E-state index is -0.188. The van der Waals surface area contributed by atoms with E-state index in [1.807, 2.05) is 40.0 Å². The maximum absolute atomic E-state index is 12.3. The van der Waals surface area contributed by atoms with Crippen LogP contribution in [0.25, 0.3) is 0 Å². The number of anilines is 1. The summed E-state index contributed by atoms with van der Waals surface area (Å²) in [6, 6.07) is 4.57. The van der Waals surface area contributed by atoms with Gasteiger partial charge in [-0.15, -0.1) is 0 Å². The zero-order valence-electron chi connectivity index (χ0n) is 17.4. The van der Waals surface area contributed by atoms with Crippen LogP contribution >= 0.6 is 0 Å². The van der Waals surface area contributed by atoms with E-state index in [0.29, 0.717) is 12.6 Å². The fourth-order valence-electron chi connectivity index (χ4n) is 4.03. The van der Waals surface area contributed by atoms with Gasteiger partial charge in [0.15, 0.2) is 0 Å². The summed E-state index contributed by atoms with van der Waals surface area (Å²) in [4.78, 5) is 26.6. The maximum Gasteiger partial charge on any atom is 0.243 e. The molecule has 1 aliphatic carbocycles. The van der Waals surface area contributed by atoms with Gasteiger partial charge in [-0.2, -0.15) is 0 Å². The van der Waals surface area contributed by atoms with Gasteiger partial charge in [0.25, 0.3) is 0 Å². The first-order valence-corrected chi connectivity index (χ1v) is 10.2. The predicted octanol–water partition coefficient (Wildman–Crippen LogP) is 3.71. The van der Waals surface area contributed by atoms with E-state index < -0.39 is 0 Å². The number of aryl methyl sites for hydroxylation is 3. The van der Waals surface area contributed by atoms with Gasteiger partial charge in [-0.25, -0.2) is 0 Å². The Morgan fingerprint density at radius 2 is 1.52 bits per heavy atom. The molecule has 1 aromatic carbocycles. The molecule has 0 saturated heterocycles. The van der Waals surface area contributed by atoms with Gasteiger partial charge in [-0.05, 0) is 51.8 Å². The zero-order chi connectivity index (χ0) is 19.8. The van der Waals surface area contributed by atoms with Crippen LogP contribution in [-0.4, -0.2) is 42.9 Å². The molecule has 2 amide bonds. The average molecular weight is 374 g/mol. The van der Waals surface area contributed by atoms with Crippen LogP contribution in [-0.2, 0) is 9.59 Å². The Kier molecular flexibility index (Phi) is 8.29. The molecule has 0 radical (unpaired) electrons. The first-order valence-electron chi connectivity index (χ1n) is 10.2. The summed E-state index contributed by atoms with van der Waals surface area (Å²) in [5.41, 5.74) is 4.09. The lowest BCUT2D eigenvalue weighted by Crippen LogP contribution is -2.43. The number of benzene rings is 1. The second-order valence-corrected chi connectivity index (χ2v) is 8.01. The highest BCUT2D eigenvalue weighted by molar-refractivity contribution is 5.96. The van der Waals surface area contributed by atoms with Gasteiger partial charge >= 0.3 is 0 Å². The van der Waals surface area contributed by atoms with E-state index in [9.17, 15) is 9.59 Å². The molecule has 2 rings (SSSR count). The van der Waals surface area contributed by atoms with Crippen LogP contribution in [0.3, 0.4) is 0 Å². The maximum atomic E-state index is 12.3. The largest absolute Gasteiger partial charge is 0.346 e. The van der Waals surface area contributed by atoms with Crippen LogP contribution in [0, 0.1) is 20.8 Å². The monoisotopic (exact) mass is 373 g/mol. The molecule has 5 nitrogen and oxygen atoms in total. The number of hydrogen-bond acceptors (Lipinski definition) is 3. The number of hydrogen-bond donors (Lipinski definition) is 2. The third-order valence-electron chi connectivity index (χ3n) is 5.48. The van der Waals surface area contributed by atoms with E-state index in [2.05, 4.69) is 15.5 Å². The van der Waals surface area contributed by atoms with Crippen molar-refractivity contribution in [2.24, 2.45) is 0 Å². The number of rotatable bonds is 6. The van der Waals surface area contributed by atoms with Gasteiger partial charge in [-0.1, -0.05) is 49.8 Å². The molecule has 0 bridgehead atoms. The first kappa shape index (κ1) is 21.4. The summed E-state index contributed by atoms with van der Waals surface area (Å²) < 4.78 is 0. The van der Waals surface area contributed by atoms with Crippen LogP contribution in [0.2, 0.25) is 0 Å². The number of carbonyl (C=O) groups is 2. The quantitative estimate of drug-likeness (QED) is 0.799. The summed E-state index contributed by atoms with van der Waals surface area (Å²) in [7, 11) is 2.02. The molecule has 1 aliphatic rings. The molecule has 27 heavy (non-hydrogen) atoms. The number of carbonyl (C=O) groups excluding carboxylic acids is 2. The van der Waals surface area contributed by atoms with E-state index >= 15 is 0 Å². The summed E-state index contributed by atoms with van der Waals surface area (Å²) >= 11 is 0. The molecular formula is C22H35N3O2. The molecule has 1 fully saturated rings. The van der Waals surface area contributed by atoms with Gasteiger partial charge in [0.1, 0.15) is 0 Å². The average Bonchev–Trinajstić information content (AvgIpc) is 2.55. The van der Waals surface area contributed by atoms with Gasteiger partial charge in [0.2, 0.25) is 11.8 Å². The Hall–Kier alpha value is -1.88. The highest BCUT2D eigenvalue weighted by atomic mass is 16.2. The Bertz CT molecular complexity index is 626. The normalized spacial score (nSPS) is 15.9. The lowest BCUT2D eigenvalue weighted by atomic mass is 9.96. The lowest BCUT2D eigenvalue weighted by molar-refractivity contribution is -0.125. The minimum Gasteiger partial charge on any atom is -0.346 e. The van der Waals surface area contributed by atoms with Gasteiger partial charge < -0.3 is 10.6 Å². The van der Waals surface area contributed by atoms with Crippen molar-refractivity contribution in [1.29, 1.82) is 0 Å². The number of amides is 2. The van der Waals surface area contributed by atoms with Gasteiger partial charge in [0, 0.05) is 11.7 Å². The third kappa shape index (κ3) is 6.98. The van der Waals surface area contributed by atoms with E-state index in [0.717, 1.165) is 29.7 Å². The molecule has 0 atom stereocenters. The highest BCUT2D eigenvalue weighted by Gasteiger charge is 2.18. The molecule has 0 aromatic heterocycles. The van der Waals surface area contributed by atoms with Crippen molar-refractivity contribution < 1.29 is 9.59 Å². The van der Waals surface area contributed by atoms with E-state index in [1.165, 1.54) is 37.7 Å². The molecule has 0 spiro atoms. The molecule has 5 heteroatoms. The van der Waals surface area contributed by atoms with E-state index in [-0.39, 0.29) is 18.4 Å². The molecule has 1 aromatic rings. The molecule has 2 N–H and O–H groups in total. The Labute approximate surface area is 163 Å². The van der Waals surface area contributed by atoms with Crippen molar-refractivity contribution in [3.63, 3.8) is 0 Å². The highest BCUT2D eigenvalue weighted by Crippen LogP contribution is 2.22. The van der Waals surface area contributed by atoms with Crippen molar-refractivity contribution >= 4 is 17.5 Å². The smallest absolute Gasteiger partial charge is 0.243 e. The molecule has 0 heterocycles. The minimum absolute atomic E-state index is 0.00406. The Morgan fingerprint density at radius 1 is 0.963 bits per heavy atom. The third-order valence-corrected chi connectivity index (χ3v) is 5.48. The van der Waals surface area contributed by atoms with Crippen LogP contribution in [0.4, 0.5) is 5.69 Å². The van der Waals surface area contributed by atoms with Crippen LogP contribution in [0.15, 0.2) is 12.1 Å². The van der Waals surface area contributed by atoms with Crippen LogP contribution in [0.1, 0.15) is 61.6 Å². The first-order chi connectivity index (χ1) is 12.9. The molecule has 0 aliphatic heterocycles. The van der Waals surface area contributed by atoms with Crippen molar-refractivity contribution in [3.8, 4) is 0 Å². The standard InChI is InChI=1S/C22H35N3O2/c1-16-12-17(2)22(18(3)13-16)24-20(26)14-23-21(27)15-25(4)19-10-8-6-5-7-9-11-19/h12-13,19H,5-11,14-15H2,1-4H3,(H,23,27)(H,24,26). The zero-order valence-corrected chi connectivity index (χ0v) is 17.4. The number of nitrogens with one attached hydrogen (secondary N) is 2. The van der Waals surface area contributed by atoms with Gasteiger partial charge in [0.05, 0.1) is 13.1 Å². The fraction of sp³-hybridized carbons (Fsp3) is 0.636. The summed E-state index contributed by atoms with van der Waals surface area (Å²) in [5, 5.41) is 5.68. The van der Waals surface area contributed by atoms with Crippen molar-refractivity contribution in [2.75, 3.05) is 25.5 Å². The SMILES string of the molecule is Cc1cc(C)c(NC(=O)CNC(=O)CN(C)C2CCCCCCC2)c(C)c1. The topological polar surface area (TPSA) is 61.4 Å². The van der Waals surface area contributed by atoms with Crippen molar-refractivity contribution in [1.82, 2.24) is 10.2 Å². The summed E-state index contributed by atoms with van der Waals surface area (Å²) in [5.74, 6) is -0.279. The van der Waals surface area contributed by atoms with Gasteiger partial charge in [-0.3, -0.25) is 14.5 Å². The van der Waals surface area contributed by atoms with Crippen LogP contribution < -0.4 is 10.6 Å². The van der Waals surface area contributed by atoms with Crippen molar-refractivity contribution in [3.05, 3.63) is 28.8 Å². The van der Waals surface area contributed by atoms with Crippen molar-refractivity contribution in [2.45, 2.75) is 71.8 Å². The molecular weight excluding hydrogens is 338 g/mol. The molecule has 0 unspecified atom stereocenters. The Balaban J connectivity index is 1.78. The molecule has 1 saturated carbocycles.